The highest BCUT2D eigenvalue weighted by molar-refractivity contribution is 6.33. The van der Waals surface area contributed by atoms with Crippen LogP contribution in [0.1, 0.15) is 24.7 Å². The predicted molar refractivity (Wildman–Crippen MR) is 75.8 cm³/mol. The summed E-state index contributed by atoms with van der Waals surface area (Å²) in [6.07, 6.45) is 1.08. The number of halogens is 2. The Kier molecular flexibility index (Phi) is 4.61. The molecule has 0 amide bonds. The summed E-state index contributed by atoms with van der Waals surface area (Å²) >= 11 is 6.06. The van der Waals surface area contributed by atoms with Gasteiger partial charge in [0.05, 0.1) is 11.6 Å². The lowest BCUT2D eigenvalue weighted by Gasteiger charge is -2.04. The van der Waals surface area contributed by atoms with Crippen molar-refractivity contribution >= 4 is 11.6 Å². The van der Waals surface area contributed by atoms with Crippen molar-refractivity contribution in [1.82, 2.24) is 5.32 Å². The minimum atomic E-state index is -0.301. The van der Waals surface area contributed by atoms with E-state index in [2.05, 4.69) is 12.2 Å². The Hall–Kier alpha value is -1.32. The molecule has 0 saturated carbocycles. The molecular formula is C15H17ClFNO. The first-order chi connectivity index (χ1) is 9.11. The molecule has 19 heavy (non-hydrogen) atoms. The van der Waals surface area contributed by atoms with Gasteiger partial charge in [-0.15, -0.1) is 0 Å². The maximum atomic E-state index is 13.4. The quantitative estimate of drug-likeness (QED) is 0.814. The Morgan fingerprint density at radius 3 is 2.84 bits per heavy atom. The van der Waals surface area contributed by atoms with Crippen LogP contribution in [-0.2, 0) is 6.54 Å². The highest BCUT2D eigenvalue weighted by Crippen LogP contribution is 2.31. The van der Waals surface area contributed by atoms with Gasteiger partial charge in [0.15, 0.2) is 0 Å². The Morgan fingerprint density at radius 2 is 2.11 bits per heavy atom. The van der Waals surface area contributed by atoms with Crippen molar-refractivity contribution in [2.75, 3.05) is 6.54 Å². The van der Waals surface area contributed by atoms with Crippen molar-refractivity contribution in [3.8, 4) is 11.3 Å². The van der Waals surface area contributed by atoms with Crippen LogP contribution in [0.2, 0.25) is 5.02 Å². The van der Waals surface area contributed by atoms with E-state index < -0.39 is 0 Å². The van der Waals surface area contributed by atoms with Gasteiger partial charge in [0.25, 0.3) is 0 Å². The number of benzene rings is 1. The van der Waals surface area contributed by atoms with Gasteiger partial charge in [-0.3, -0.25) is 0 Å². The van der Waals surface area contributed by atoms with Gasteiger partial charge in [-0.2, -0.15) is 0 Å². The van der Waals surface area contributed by atoms with Crippen molar-refractivity contribution in [2.45, 2.75) is 26.8 Å². The zero-order chi connectivity index (χ0) is 13.8. The molecule has 4 heteroatoms. The van der Waals surface area contributed by atoms with Crippen LogP contribution in [0.5, 0.6) is 0 Å². The Labute approximate surface area is 117 Å². The summed E-state index contributed by atoms with van der Waals surface area (Å²) < 4.78 is 19.1. The number of furan rings is 1. The van der Waals surface area contributed by atoms with Gasteiger partial charge >= 0.3 is 0 Å². The molecule has 0 spiro atoms. The second-order valence-corrected chi connectivity index (χ2v) is 4.93. The average molecular weight is 282 g/mol. The van der Waals surface area contributed by atoms with Gasteiger partial charge < -0.3 is 9.73 Å². The lowest BCUT2D eigenvalue weighted by Crippen LogP contribution is -2.12. The first-order valence-electron chi connectivity index (χ1n) is 6.37. The monoisotopic (exact) mass is 281 g/mol. The minimum absolute atomic E-state index is 0.301. The van der Waals surface area contributed by atoms with Crippen molar-refractivity contribution < 1.29 is 8.81 Å². The molecule has 0 aliphatic carbocycles. The maximum absolute atomic E-state index is 13.4. The largest absolute Gasteiger partial charge is 0.460 e. The molecule has 0 unspecified atom stereocenters. The summed E-state index contributed by atoms with van der Waals surface area (Å²) in [6, 6.07) is 6.80. The number of nitrogens with one attached hydrogen (secondary N) is 1. The van der Waals surface area contributed by atoms with E-state index in [-0.39, 0.29) is 5.82 Å². The van der Waals surface area contributed by atoms with E-state index in [9.17, 15) is 4.39 Å². The summed E-state index contributed by atoms with van der Waals surface area (Å²) in [5, 5.41) is 3.63. The number of rotatable bonds is 5. The fraction of sp³-hybridized carbons (Fsp3) is 0.333. The van der Waals surface area contributed by atoms with E-state index in [1.807, 2.05) is 12.1 Å². The van der Waals surface area contributed by atoms with Crippen LogP contribution in [0.15, 0.2) is 28.7 Å². The second-order valence-electron chi connectivity index (χ2n) is 4.52. The molecule has 1 heterocycles. The molecule has 0 radical (unpaired) electrons. The predicted octanol–water partition coefficient (Wildman–Crippen LogP) is 4.55. The molecule has 0 saturated heterocycles. The molecule has 1 aromatic heterocycles. The second kappa shape index (κ2) is 6.22. The molecule has 1 aromatic carbocycles. The molecule has 2 nitrogen and oxygen atoms in total. The zero-order valence-corrected chi connectivity index (χ0v) is 11.9. The maximum Gasteiger partial charge on any atom is 0.135 e. The Bertz CT molecular complexity index is 565. The van der Waals surface area contributed by atoms with E-state index in [4.69, 9.17) is 16.0 Å². The highest BCUT2D eigenvalue weighted by Gasteiger charge is 2.11. The van der Waals surface area contributed by atoms with Gasteiger partial charge in [-0.25, -0.2) is 4.39 Å². The van der Waals surface area contributed by atoms with Gasteiger partial charge in [-0.1, -0.05) is 18.5 Å². The summed E-state index contributed by atoms with van der Waals surface area (Å²) in [5.41, 5.74) is 1.28. The third-order valence-corrected chi connectivity index (χ3v) is 3.21. The average Bonchev–Trinajstić information content (AvgIpc) is 2.83. The summed E-state index contributed by atoms with van der Waals surface area (Å²) in [6.45, 7) is 5.46. The first-order valence-corrected chi connectivity index (χ1v) is 6.75. The summed E-state index contributed by atoms with van der Waals surface area (Å²) in [7, 11) is 0. The lowest BCUT2D eigenvalue weighted by molar-refractivity contribution is 0.493. The lowest BCUT2D eigenvalue weighted by atomic mass is 10.1. The SMILES string of the molecule is CCCNCc1ccc(-c2cc(C)c(F)cc2Cl)o1. The van der Waals surface area contributed by atoms with Crippen LogP contribution in [0.25, 0.3) is 11.3 Å². The topological polar surface area (TPSA) is 25.2 Å². The van der Waals surface area contributed by atoms with Crippen LogP contribution in [0, 0.1) is 12.7 Å². The number of hydrogen-bond donors (Lipinski definition) is 1. The molecule has 2 rings (SSSR count). The van der Waals surface area contributed by atoms with Crippen LogP contribution >= 0.6 is 11.6 Å². The standard InChI is InChI=1S/C15H17ClFNO/c1-3-6-18-9-11-4-5-15(19-11)12-7-10(2)14(17)8-13(12)16/h4-5,7-8,18H,3,6,9H2,1-2H3. The fourth-order valence-electron chi connectivity index (χ4n) is 1.85. The minimum Gasteiger partial charge on any atom is -0.460 e. The number of hydrogen-bond acceptors (Lipinski definition) is 2. The smallest absolute Gasteiger partial charge is 0.135 e. The zero-order valence-electron chi connectivity index (χ0n) is 11.1. The molecule has 1 N–H and O–H groups in total. The fourth-order valence-corrected chi connectivity index (χ4v) is 2.10. The van der Waals surface area contributed by atoms with Gasteiger partial charge in [0.2, 0.25) is 0 Å². The molecule has 0 aliphatic rings. The molecule has 0 atom stereocenters. The van der Waals surface area contributed by atoms with E-state index >= 15 is 0 Å². The van der Waals surface area contributed by atoms with Crippen LogP contribution < -0.4 is 5.32 Å². The summed E-state index contributed by atoms with van der Waals surface area (Å²) in [4.78, 5) is 0. The van der Waals surface area contributed by atoms with Crippen LogP contribution in [-0.4, -0.2) is 6.54 Å². The molecule has 102 valence electrons. The molecule has 0 bridgehead atoms. The molecule has 2 aromatic rings. The molecule has 0 aliphatic heterocycles. The normalized spacial score (nSPS) is 10.9. The van der Waals surface area contributed by atoms with Crippen molar-refractivity contribution in [2.24, 2.45) is 0 Å². The summed E-state index contributed by atoms with van der Waals surface area (Å²) in [5.74, 6) is 1.22. The Morgan fingerprint density at radius 1 is 1.32 bits per heavy atom. The Balaban J connectivity index is 2.20. The van der Waals surface area contributed by atoms with Crippen molar-refractivity contribution in [1.29, 1.82) is 0 Å². The van der Waals surface area contributed by atoms with Gasteiger partial charge in [-0.05, 0) is 49.7 Å². The van der Waals surface area contributed by atoms with Crippen LogP contribution in [0.3, 0.4) is 0 Å². The van der Waals surface area contributed by atoms with Crippen LogP contribution in [0.4, 0.5) is 4.39 Å². The van der Waals surface area contributed by atoms with E-state index in [1.165, 1.54) is 6.07 Å². The number of aryl methyl sites for hydroxylation is 1. The van der Waals surface area contributed by atoms with Crippen molar-refractivity contribution in [3.63, 3.8) is 0 Å². The van der Waals surface area contributed by atoms with E-state index in [1.54, 1.807) is 13.0 Å². The molecular weight excluding hydrogens is 265 g/mol. The molecule has 0 fully saturated rings. The van der Waals surface area contributed by atoms with Gasteiger partial charge in [0.1, 0.15) is 17.3 Å². The van der Waals surface area contributed by atoms with E-state index in [0.717, 1.165) is 24.3 Å². The third-order valence-electron chi connectivity index (χ3n) is 2.90. The third kappa shape index (κ3) is 3.37. The van der Waals surface area contributed by atoms with Gasteiger partial charge in [0, 0.05) is 5.56 Å². The van der Waals surface area contributed by atoms with E-state index in [0.29, 0.717) is 22.9 Å². The first kappa shape index (κ1) is 14.1. The van der Waals surface area contributed by atoms with Crippen molar-refractivity contribution in [3.05, 3.63) is 46.4 Å². The highest BCUT2D eigenvalue weighted by atomic mass is 35.5.